The van der Waals surface area contributed by atoms with E-state index < -0.39 is 0 Å². The second-order valence-corrected chi connectivity index (χ2v) is 3.18. The number of carbonyl (C=O) groups is 1. The zero-order valence-electron chi connectivity index (χ0n) is 7.38. The number of ether oxygens (including phenoxy) is 1. The fourth-order valence-corrected chi connectivity index (χ4v) is 1.30. The highest BCUT2D eigenvalue weighted by Gasteiger charge is 2.17. The highest BCUT2D eigenvalue weighted by Crippen LogP contribution is 2.06. The molecule has 1 aliphatic heterocycles. The third-order valence-corrected chi connectivity index (χ3v) is 2.13. The van der Waals surface area contributed by atoms with Crippen LogP contribution in [0.1, 0.15) is 19.8 Å². The third-order valence-electron chi connectivity index (χ3n) is 2.13. The predicted octanol–water partition coefficient (Wildman–Crippen LogP) is -0.371. The lowest BCUT2D eigenvalue weighted by molar-refractivity contribution is -0.120. The first-order valence-electron chi connectivity index (χ1n) is 4.33. The average molecular weight is 172 g/mol. The summed E-state index contributed by atoms with van der Waals surface area (Å²) in [5.41, 5.74) is 5.12. The van der Waals surface area contributed by atoms with Crippen molar-refractivity contribution in [2.45, 2.75) is 31.8 Å². The van der Waals surface area contributed by atoms with Gasteiger partial charge in [-0.15, -0.1) is 0 Å². The van der Waals surface area contributed by atoms with E-state index in [2.05, 4.69) is 5.32 Å². The van der Waals surface area contributed by atoms with Crippen molar-refractivity contribution in [2.24, 2.45) is 5.73 Å². The number of hydrogen-bond acceptors (Lipinski definition) is 3. The molecule has 1 atom stereocenters. The summed E-state index contributed by atoms with van der Waals surface area (Å²) < 4.78 is 5.19. The van der Waals surface area contributed by atoms with E-state index >= 15 is 0 Å². The maximum Gasteiger partial charge on any atom is 0.234 e. The molecule has 4 nitrogen and oxygen atoms in total. The summed E-state index contributed by atoms with van der Waals surface area (Å²) in [6.07, 6.45) is 1.94. The van der Waals surface area contributed by atoms with Gasteiger partial charge in [-0.05, 0) is 19.8 Å². The molecule has 1 saturated heterocycles. The molecule has 1 fully saturated rings. The molecule has 1 aliphatic rings. The van der Waals surface area contributed by atoms with Gasteiger partial charge in [-0.25, -0.2) is 0 Å². The topological polar surface area (TPSA) is 64.3 Å². The van der Waals surface area contributed by atoms with E-state index in [1.807, 2.05) is 0 Å². The van der Waals surface area contributed by atoms with Crippen LogP contribution in [0.2, 0.25) is 0 Å². The molecule has 0 aromatic carbocycles. The lowest BCUT2D eigenvalue weighted by Crippen LogP contribution is -2.46. The fourth-order valence-electron chi connectivity index (χ4n) is 1.30. The van der Waals surface area contributed by atoms with Gasteiger partial charge in [-0.3, -0.25) is 4.79 Å². The minimum atomic E-state index is -0.290. The quantitative estimate of drug-likeness (QED) is 0.610. The van der Waals surface area contributed by atoms with Crippen molar-refractivity contribution < 1.29 is 9.53 Å². The number of rotatable bonds is 3. The Morgan fingerprint density at radius 2 is 2.17 bits per heavy atom. The highest BCUT2D eigenvalue weighted by atomic mass is 16.5. The third kappa shape index (κ3) is 2.79. The van der Waals surface area contributed by atoms with Crippen molar-refractivity contribution in [1.82, 2.24) is 5.32 Å². The molecule has 1 rings (SSSR count). The first kappa shape index (κ1) is 9.48. The summed E-state index contributed by atoms with van der Waals surface area (Å²) in [5, 5.41) is 3.16. The van der Waals surface area contributed by atoms with Gasteiger partial charge in [0.1, 0.15) is 0 Å². The fraction of sp³-hybridized carbons (Fsp3) is 0.875. The predicted molar refractivity (Wildman–Crippen MR) is 45.6 cm³/mol. The van der Waals surface area contributed by atoms with Crippen LogP contribution in [0.25, 0.3) is 0 Å². The molecular formula is C8H16N2O2. The zero-order chi connectivity index (χ0) is 8.97. The van der Waals surface area contributed by atoms with Crippen molar-refractivity contribution in [2.75, 3.05) is 13.2 Å². The van der Waals surface area contributed by atoms with Crippen molar-refractivity contribution >= 4 is 5.91 Å². The van der Waals surface area contributed by atoms with Gasteiger partial charge in [0, 0.05) is 19.3 Å². The molecule has 3 N–H and O–H groups in total. The number of carbonyl (C=O) groups excluding carboxylic acids is 1. The minimum Gasteiger partial charge on any atom is -0.381 e. The lowest BCUT2D eigenvalue weighted by atomic mass is 10.1. The second kappa shape index (κ2) is 4.42. The van der Waals surface area contributed by atoms with Crippen LogP contribution in [-0.2, 0) is 9.53 Å². The normalized spacial score (nSPS) is 22.1. The van der Waals surface area contributed by atoms with Gasteiger partial charge in [0.05, 0.1) is 6.04 Å². The lowest BCUT2D eigenvalue weighted by Gasteiger charge is -2.25. The van der Waals surface area contributed by atoms with E-state index in [0.29, 0.717) is 6.04 Å². The molecule has 1 unspecified atom stereocenters. The Morgan fingerprint density at radius 3 is 2.67 bits per heavy atom. The SMILES string of the molecule is CC(NC1CCOCC1)C(N)=O. The molecule has 1 heterocycles. The van der Waals surface area contributed by atoms with Crippen LogP contribution in [0.3, 0.4) is 0 Å². The van der Waals surface area contributed by atoms with Crippen LogP contribution in [-0.4, -0.2) is 31.2 Å². The number of nitrogens with two attached hydrogens (primary N) is 1. The first-order valence-corrected chi connectivity index (χ1v) is 4.33. The smallest absolute Gasteiger partial charge is 0.234 e. The van der Waals surface area contributed by atoms with Gasteiger partial charge in [-0.2, -0.15) is 0 Å². The van der Waals surface area contributed by atoms with Crippen LogP contribution in [0, 0.1) is 0 Å². The molecule has 0 aromatic heterocycles. The van der Waals surface area contributed by atoms with E-state index in [9.17, 15) is 4.79 Å². The summed E-state index contributed by atoms with van der Waals surface area (Å²) in [5.74, 6) is -0.290. The van der Waals surface area contributed by atoms with Crippen LogP contribution in [0.15, 0.2) is 0 Å². The summed E-state index contributed by atoms with van der Waals surface area (Å²) >= 11 is 0. The van der Waals surface area contributed by atoms with Gasteiger partial charge in [-0.1, -0.05) is 0 Å². The van der Waals surface area contributed by atoms with E-state index in [1.165, 1.54) is 0 Å². The minimum absolute atomic E-state index is 0.229. The summed E-state index contributed by atoms with van der Waals surface area (Å²) in [6, 6.07) is 0.161. The Kier molecular flexibility index (Phi) is 3.49. The Hall–Kier alpha value is -0.610. The monoisotopic (exact) mass is 172 g/mol. The molecule has 1 amide bonds. The molecule has 0 spiro atoms. The maximum absolute atomic E-state index is 10.7. The largest absolute Gasteiger partial charge is 0.381 e. The van der Waals surface area contributed by atoms with Crippen LogP contribution in [0.5, 0.6) is 0 Å². The summed E-state index contributed by atoms with van der Waals surface area (Å²) in [7, 11) is 0. The highest BCUT2D eigenvalue weighted by molar-refractivity contribution is 5.79. The van der Waals surface area contributed by atoms with Gasteiger partial charge in [0.25, 0.3) is 0 Å². The van der Waals surface area contributed by atoms with E-state index in [1.54, 1.807) is 6.92 Å². The Morgan fingerprint density at radius 1 is 1.58 bits per heavy atom. The number of primary amides is 1. The molecule has 0 radical (unpaired) electrons. The molecule has 70 valence electrons. The van der Waals surface area contributed by atoms with Gasteiger partial charge in [0.15, 0.2) is 0 Å². The number of amides is 1. The van der Waals surface area contributed by atoms with Gasteiger partial charge in [0.2, 0.25) is 5.91 Å². The first-order chi connectivity index (χ1) is 5.70. The number of hydrogen-bond donors (Lipinski definition) is 2. The molecular weight excluding hydrogens is 156 g/mol. The number of nitrogens with one attached hydrogen (secondary N) is 1. The Labute approximate surface area is 72.5 Å². The van der Waals surface area contributed by atoms with Crippen LogP contribution >= 0.6 is 0 Å². The zero-order valence-corrected chi connectivity index (χ0v) is 7.38. The van der Waals surface area contributed by atoms with Crippen molar-refractivity contribution in [1.29, 1.82) is 0 Å². The average Bonchev–Trinajstić information content (AvgIpc) is 2.06. The van der Waals surface area contributed by atoms with E-state index in [0.717, 1.165) is 26.1 Å². The second-order valence-electron chi connectivity index (χ2n) is 3.18. The van der Waals surface area contributed by atoms with E-state index in [4.69, 9.17) is 10.5 Å². The van der Waals surface area contributed by atoms with Crippen LogP contribution in [0.4, 0.5) is 0 Å². The molecule has 12 heavy (non-hydrogen) atoms. The van der Waals surface area contributed by atoms with E-state index in [-0.39, 0.29) is 11.9 Å². The Bertz CT molecular complexity index is 155. The standard InChI is InChI=1S/C8H16N2O2/c1-6(8(9)11)10-7-2-4-12-5-3-7/h6-7,10H,2-5H2,1H3,(H2,9,11). The van der Waals surface area contributed by atoms with Gasteiger partial charge >= 0.3 is 0 Å². The molecule has 0 bridgehead atoms. The van der Waals surface area contributed by atoms with Crippen molar-refractivity contribution in [3.63, 3.8) is 0 Å². The maximum atomic E-state index is 10.7. The molecule has 0 aromatic rings. The summed E-state index contributed by atoms with van der Waals surface area (Å²) in [6.45, 7) is 3.35. The van der Waals surface area contributed by atoms with Crippen LogP contribution < -0.4 is 11.1 Å². The van der Waals surface area contributed by atoms with Gasteiger partial charge < -0.3 is 15.8 Å². The molecule has 0 aliphatic carbocycles. The Balaban J connectivity index is 2.24. The molecule has 0 saturated carbocycles. The van der Waals surface area contributed by atoms with Crippen molar-refractivity contribution in [3.8, 4) is 0 Å². The summed E-state index contributed by atoms with van der Waals surface area (Å²) in [4.78, 5) is 10.7. The van der Waals surface area contributed by atoms with Crippen molar-refractivity contribution in [3.05, 3.63) is 0 Å². The molecule has 4 heteroatoms.